The zero-order valence-electron chi connectivity index (χ0n) is 9.65. The molecule has 0 heterocycles. The molecule has 1 aliphatic carbocycles. The summed E-state index contributed by atoms with van der Waals surface area (Å²) in [7, 11) is 0. The molecular weight excluding hydrogens is 200 g/mol. The molecule has 0 aliphatic heterocycles. The van der Waals surface area contributed by atoms with Crippen LogP contribution < -0.4 is 0 Å². The fourth-order valence-electron chi connectivity index (χ4n) is 2.68. The summed E-state index contributed by atoms with van der Waals surface area (Å²) in [5, 5.41) is 8.96. The van der Waals surface area contributed by atoms with E-state index < -0.39 is 5.97 Å². The highest BCUT2D eigenvalue weighted by Crippen LogP contribution is 2.36. The van der Waals surface area contributed by atoms with Crippen LogP contribution in [-0.4, -0.2) is 11.1 Å². The molecule has 0 amide bonds. The number of aromatic carboxylic acids is 1. The van der Waals surface area contributed by atoms with Gasteiger partial charge in [0.15, 0.2) is 0 Å². The summed E-state index contributed by atoms with van der Waals surface area (Å²) in [6.45, 7) is 2.22. The molecule has 1 aliphatic rings. The Labute approximate surface area is 96.3 Å². The van der Waals surface area contributed by atoms with Gasteiger partial charge in [-0.3, -0.25) is 0 Å². The first-order valence-corrected chi connectivity index (χ1v) is 6.01. The molecule has 1 unspecified atom stereocenters. The van der Waals surface area contributed by atoms with Crippen molar-refractivity contribution in [3.8, 4) is 0 Å². The number of hydrogen-bond donors (Lipinski definition) is 1. The van der Waals surface area contributed by atoms with E-state index in [1.54, 1.807) is 6.07 Å². The van der Waals surface area contributed by atoms with Crippen LogP contribution in [-0.2, 0) is 0 Å². The lowest BCUT2D eigenvalue weighted by molar-refractivity contribution is 0.0696. The number of rotatable bonds is 3. The topological polar surface area (TPSA) is 37.3 Å². The second kappa shape index (κ2) is 4.69. The zero-order chi connectivity index (χ0) is 11.5. The van der Waals surface area contributed by atoms with Gasteiger partial charge in [-0.1, -0.05) is 31.9 Å². The monoisotopic (exact) mass is 218 g/mol. The van der Waals surface area contributed by atoms with E-state index in [-0.39, 0.29) is 0 Å². The van der Waals surface area contributed by atoms with Gasteiger partial charge in [0.2, 0.25) is 0 Å². The van der Waals surface area contributed by atoms with E-state index in [1.807, 2.05) is 12.1 Å². The lowest BCUT2D eigenvalue weighted by atomic mass is 9.86. The van der Waals surface area contributed by atoms with Crippen LogP contribution in [0.25, 0.3) is 0 Å². The standard InChI is InChI=1S/C14H18O2/c1-10(11-5-2-3-6-11)12-7-4-8-13(9-12)14(15)16/h4,7-11H,2-3,5-6H2,1H3,(H,15,16). The minimum absolute atomic E-state index is 0.405. The number of carbonyl (C=O) groups is 1. The Morgan fingerprint density at radius 1 is 1.38 bits per heavy atom. The summed E-state index contributed by atoms with van der Waals surface area (Å²) in [4.78, 5) is 10.9. The molecule has 2 heteroatoms. The largest absolute Gasteiger partial charge is 0.478 e. The van der Waals surface area contributed by atoms with Crippen LogP contribution in [0, 0.1) is 5.92 Å². The average Bonchev–Trinajstić information content (AvgIpc) is 2.81. The normalized spacial score (nSPS) is 18.6. The molecule has 1 atom stereocenters. The van der Waals surface area contributed by atoms with E-state index in [0.29, 0.717) is 11.5 Å². The average molecular weight is 218 g/mol. The van der Waals surface area contributed by atoms with Crippen LogP contribution in [0.5, 0.6) is 0 Å². The van der Waals surface area contributed by atoms with Crippen LogP contribution in [0.2, 0.25) is 0 Å². The fraction of sp³-hybridized carbons (Fsp3) is 0.500. The Balaban J connectivity index is 2.18. The Hall–Kier alpha value is -1.31. The van der Waals surface area contributed by atoms with Gasteiger partial charge in [0.25, 0.3) is 0 Å². The minimum Gasteiger partial charge on any atom is -0.478 e. The van der Waals surface area contributed by atoms with Gasteiger partial charge in [-0.15, -0.1) is 0 Å². The molecule has 0 aromatic heterocycles. The first-order valence-electron chi connectivity index (χ1n) is 6.01. The van der Waals surface area contributed by atoms with Crippen molar-refractivity contribution in [1.29, 1.82) is 0 Å². The van der Waals surface area contributed by atoms with Crippen molar-refractivity contribution in [3.05, 3.63) is 35.4 Å². The van der Waals surface area contributed by atoms with Crippen molar-refractivity contribution in [1.82, 2.24) is 0 Å². The Bertz CT molecular complexity index is 378. The molecule has 2 rings (SSSR count). The molecule has 16 heavy (non-hydrogen) atoms. The highest BCUT2D eigenvalue weighted by Gasteiger charge is 2.23. The molecule has 0 radical (unpaired) electrons. The van der Waals surface area contributed by atoms with Gasteiger partial charge in [-0.05, 0) is 42.4 Å². The van der Waals surface area contributed by atoms with Crippen molar-refractivity contribution in [2.45, 2.75) is 38.5 Å². The molecule has 0 bridgehead atoms. The molecule has 1 aromatic rings. The van der Waals surface area contributed by atoms with E-state index in [9.17, 15) is 4.79 Å². The fourth-order valence-corrected chi connectivity index (χ4v) is 2.68. The second-order valence-corrected chi connectivity index (χ2v) is 4.76. The molecule has 1 N–H and O–H groups in total. The van der Waals surface area contributed by atoms with Crippen LogP contribution in [0.4, 0.5) is 0 Å². The van der Waals surface area contributed by atoms with Crippen molar-refractivity contribution >= 4 is 5.97 Å². The maximum atomic E-state index is 10.9. The van der Waals surface area contributed by atoms with E-state index in [2.05, 4.69) is 13.0 Å². The van der Waals surface area contributed by atoms with E-state index in [0.717, 1.165) is 5.92 Å². The maximum Gasteiger partial charge on any atom is 0.335 e. The van der Waals surface area contributed by atoms with Crippen LogP contribution in [0.15, 0.2) is 24.3 Å². The van der Waals surface area contributed by atoms with Crippen molar-refractivity contribution in [3.63, 3.8) is 0 Å². The molecule has 2 nitrogen and oxygen atoms in total. The summed E-state index contributed by atoms with van der Waals surface area (Å²) < 4.78 is 0. The Kier molecular flexibility index (Phi) is 3.28. The van der Waals surface area contributed by atoms with Crippen LogP contribution >= 0.6 is 0 Å². The SMILES string of the molecule is CC(c1cccc(C(=O)O)c1)C1CCCC1. The quantitative estimate of drug-likeness (QED) is 0.840. The number of hydrogen-bond acceptors (Lipinski definition) is 1. The molecular formula is C14H18O2. The summed E-state index contributed by atoms with van der Waals surface area (Å²) >= 11 is 0. The van der Waals surface area contributed by atoms with E-state index >= 15 is 0 Å². The zero-order valence-corrected chi connectivity index (χ0v) is 9.65. The van der Waals surface area contributed by atoms with Crippen molar-refractivity contribution in [2.24, 2.45) is 5.92 Å². The first kappa shape index (κ1) is 11.2. The van der Waals surface area contributed by atoms with Gasteiger partial charge < -0.3 is 5.11 Å². The summed E-state index contributed by atoms with van der Waals surface area (Å²) in [6.07, 6.45) is 5.23. The molecule has 86 valence electrons. The summed E-state index contributed by atoms with van der Waals surface area (Å²) in [6, 6.07) is 7.39. The number of carboxylic acids is 1. The van der Waals surface area contributed by atoms with Gasteiger partial charge >= 0.3 is 5.97 Å². The Morgan fingerprint density at radius 3 is 2.69 bits per heavy atom. The smallest absolute Gasteiger partial charge is 0.335 e. The predicted molar refractivity (Wildman–Crippen MR) is 63.8 cm³/mol. The minimum atomic E-state index is -0.833. The van der Waals surface area contributed by atoms with Gasteiger partial charge in [-0.2, -0.15) is 0 Å². The molecule has 0 saturated heterocycles. The third kappa shape index (κ3) is 2.26. The lowest BCUT2D eigenvalue weighted by Gasteiger charge is -2.19. The summed E-state index contributed by atoms with van der Waals surface area (Å²) in [5.74, 6) is 0.395. The highest BCUT2D eigenvalue weighted by molar-refractivity contribution is 5.87. The third-order valence-electron chi connectivity index (χ3n) is 3.77. The van der Waals surface area contributed by atoms with Gasteiger partial charge in [0, 0.05) is 0 Å². The lowest BCUT2D eigenvalue weighted by Crippen LogP contribution is -2.07. The van der Waals surface area contributed by atoms with Gasteiger partial charge in [0.1, 0.15) is 0 Å². The summed E-state index contributed by atoms with van der Waals surface area (Å²) in [5.41, 5.74) is 1.58. The van der Waals surface area contributed by atoms with E-state index in [4.69, 9.17) is 5.11 Å². The maximum absolute atomic E-state index is 10.9. The van der Waals surface area contributed by atoms with Gasteiger partial charge in [0.05, 0.1) is 5.56 Å². The van der Waals surface area contributed by atoms with Crippen molar-refractivity contribution < 1.29 is 9.90 Å². The first-order chi connectivity index (χ1) is 7.68. The molecule has 1 fully saturated rings. The van der Waals surface area contributed by atoms with Crippen LogP contribution in [0.1, 0.15) is 54.4 Å². The predicted octanol–water partition coefficient (Wildman–Crippen LogP) is 3.68. The Morgan fingerprint density at radius 2 is 2.06 bits per heavy atom. The van der Waals surface area contributed by atoms with E-state index in [1.165, 1.54) is 31.2 Å². The highest BCUT2D eigenvalue weighted by atomic mass is 16.4. The number of benzene rings is 1. The van der Waals surface area contributed by atoms with Crippen LogP contribution in [0.3, 0.4) is 0 Å². The molecule has 1 saturated carbocycles. The second-order valence-electron chi connectivity index (χ2n) is 4.76. The van der Waals surface area contributed by atoms with Gasteiger partial charge in [-0.25, -0.2) is 4.79 Å². The van der Waals surface area contributed by atoms with Crippen molar-refractivity contribution in [2.75, 3.05) is 0 Å². The molecule has 0 spiro atoms. The number of carboxylic acid groups (broad SMARTS) is 1. The third-order valence-corrected chi connectivity index (χ3v) is 3.77. The molecule has 1 aromatic carbocycles.